The van der Waals surface area contributed by atoms with Gasteiger partial charge in [-0.2, -0.15) is 0 Å². The first kappa shape index (κ1) is 14.0. The van der Waals surface area contributed by atoms with Crippen molar-refractivity contribution in [1.82, 2.24) is 0 Å². The van der Waals surface area contributed by atoms with E-state index in [0.717, 1.165) is 15.7 Å². The molecule has 0 unspecified atom stereocenters. The summed E-state index contributed by atoms with van der Waals surface area (Å²) >= 11 is 21.6. The quantitative estimate of drug-likeness (QED) is 0.656. The highest BCUT2D eigenvalue weighted by atomic mass is 79.9. The molecule has 2 aromatic rings. The number of hydrogen-bond acceptors (Lipinski definition) is 1. The number of benzene rings is 2. The molecule has 0 fully saturated rings. The van der Waals surface area contributed by atoms with E-state index < -0.39 is 0 Å². The van der Waals surface area contributed by atoms with Crippen LogP contribution in [0.2, 0.25) is 15.1 Å². The fourth-order valence-corrected chi connectivity index (χ4v) is 2.60. The lowest BCUT2D eigenvalue weighted by atomic mass is 10.2. The maximum Gasteiger partial charge on any atom is 0.0657 e. The summed E-state index contributed by atoms with van der Waals surface area (Å²) in [4.78, 5) is 0. The molecule has 0 amide bonds. The van der Waals surface area contributed by atoms with Gasteiger partial charge in [-0.15, -0.1) is 0 Å². The van der Waals surface area contributed by atoms with Gasteiger partial charge in [0.2, 0.25) is 0 Å². The third kappa shape index (κ3) is 3.33. The van der Waals surface area contributed by atoms with E-state index in [-0.39, 0.29) is 0 Å². The molecular formula is C13H9BrCl3N. The molecule has 5 heteroatoms. The van der Waals surface area contributed by atoms with Crippen molar-refractivity contribution >= 4 is 56.4 Å². The number of nitrogens with one attached hydrogen (secondary N) is 1. The summed E-state index contributed by atoms with van der Waals surface area (Å²) in [6.45, 7) is 0.523. The van der Waals surface area contributed by atoms with Gasteiger partial charge in [0.05, 0.1) is 10.0 Å². The number of halogens is 4. The van der Waals surface area contributed by atoms with E-state index in [0.29, 0.717) is 21.6 Å². The van der Waals surface area contributed by atoms with Crippen LogP contribution in [0.3, 0.4) is 0 Å². The van der Waals surface area contributed by atoms with Crippen LogP contribution in [0.25, 0.3) is 0 Å². The van der Waals surface area contributed by atoms with Crippen LogP contribution in [0.1, 0.15) is 5.56 Å². The normalized spacial score (nSPS) is 10.4. The van der Waals surface area contributed by atoms with E-state index in [1.54, 1.807) is 12.1 Å². The smallest absolute Gasteiger partial charge is 0.0657 e. The van der Waals surface area contributed by atoms with Gasteiger partial charge in [0.25, 0.3) is 0 Å². The third-order valence-electron chi connectivity index (χ3n) is 2.43. The minimum atomic E-state index is 0.492. The Labute approximate surface area is 129 Å². The SMILES string of the molecule is Clc1ccc(Cl)c(CNc2cccc(Br)c2)c1Cl. The molecule has 0 aliphatic heterocycles. The topological polar surface area (TPSA) is 12.0 Å². The summed E-state index contributed by atoms with van der Waals surface area (Å²) in [6, 6.07) is 11.3. The monoisotopic (exact) mass is 363 g/mol. The minimum absolute atomic E-state index is 0.492. The Bertz CT molecular complexity index is 572. The number of anilines is 1. The van der Waals surface area contributed by atoms with Gasteiger partial charge in [-0.25, -0.2) is 0 Å². The first-order chi connectivity index (χ1) is 8.58. The van der Waals surface area contributed by atoms with Crippen molar-refractivity contribution in [2.45, 2.75) is 6.54 Å². The van der Waals surface area contributed by atoms with Crippen molar-refractivity contribution in [3.8, 4) is 0 Å². The van der Waals surface area contributed by atoms with Crippen LogP contribution >= 0.6 is 50.7 Å². The second-order valence-electron chi connectivity index (χ2n) is 3.69. The summed E-state index contributed by atoms with van der Waals surface area (Å²) < 4.78 is 1.01. The van der Waals surface area contributed by atoms with Crippen LogP contribution in [-0.4, -0.2) is 0 Å². The van der Waals surface area contributed by atoms with Crippen LogP contribution in [0.5, 0.6) is 0 Å². The van der Waals surface area contributed by atoms with Gasteiger partial charge >= 0.3 is 0 Å². The molecule has 0 aliphatic carbocycles. The van der Waals surface area contributed by atoms with Crippen molar-refractivity contribution in [2.24, 2.45) is 0 Å². The molecule has 1 N–H and O–H groups in total. The molecular weight excluding hydrogens is 356 g/mol. The zero-order valence-electron chi connectivity index (χ0n) is 9.18. The maximum absolute atomic E-state index is 6.13. The van der Waals surface area contributed by atoms with Gasteiger partial charge in [-0.1, -0.05) is 56.8 Å². The fourth-order valence-electron chi connectivity index (χ4n) is 1.52. The van der Waals surface area contributed by atoms with E-state index >= 15 is 0 Å². The van der Waals surface area contributed by atoms with Crippen molar-refractivity contribution in [3.63, 3.8) is 0 Å². The van der Waals surface area contributed by atoms with E-state index in [4.69, 9.17) is 34.8 Å². The van der Waals surface area contributed by atoms with Gasteiger partial charge in [0.15, 0.2) is 0 Å². The molecule has 0 bridgehead atoms. The molecule has 18 heavy (non-hydrogen) atoms. The lowest BCUT2D eigenvalue weighted by molar-refractivity contribution is 1.15. The first-order valence-corrected chi connectivity index (χ1v) is 7.12. The summed E-state index contributed by atoms with van der Waals surface area (Å²) in [5.74, 6) is 0. The van der Waals surface area contributed by atoms with E-state index in [1.807, 2.05) is 24.3 Å². The lowest BCUT2D eigenvalue weighted by Crippen LogP contribution is -2.01. The molecule has 0 aliphatic rings. The zero-order chi connectivity index (χ0) is 13.1. The maximum atomic E-state index is 6.13. The van der Waals surface area contributed by atoms with Crippen LogP contribution < -0.4 is 5.32 Å². The van der Waals surface area contributed by atoms with E-state index in [9.17, 15) is 0 Å². The van der Waals surface area contributed by atoms with Crippen molar-refractivity contribution < 1.29 is 0 Å². The van der Waals surface area contributed by atoms with Gasteiger partial charge in [-0.3, -0.25) is 0 Å². The average molecular weight is 365 g/mol. The van der Waals surface area contributed by atoms with Gasteiger partial charge < -0.3 is 5.32 Å². The van der Waals surface area contributed by atoms with E-state index in [2.05, 4.69) is 21.2 Å². The zero-order valence-corrected chi connectivity index (χ0v) is 13.0. The van der Waals surface area contributed by atoms with Crippen molar-refractivity contribution in [2.75, 3.05) is 5.32 Å². The molecule has 0 spiro atoms. The molecule has 2 aromatic carbocycles. The van der Waals surface area contributed by atoms with Crippen molar-refractivity contribution in [1.29, 1.82) is 0 Å². The molecule has 0 aromatic heterocycles. The lowest BCUT2D eigenvalue weighted by Gasteiger charge is -2.11. The Hall–Kier alpha value is -0.410. The summed E-state index contributed by atoms with van der Waals surface area (Å²) in [7, 11) is 0. The molecule has 0 saturated heterocycles. The van der Waals surface area contributed by atoms with Gasteiger partial charge in [-0.05, 0) is 30.3 Å². The molecule has 1 nitrogen and oxygen atoms in total. The third-order valence-corrected chi connectivity index (χ3v) is 4.12. The van der Waals surface area contributed by atoms with Crippen LogP contribution in [0, 0.1) is 0 Å². The van der Waals surface area contributed by atoms with Crippen LogP contribution in [0.4, 0.5) is 5.69 Å². The van der Waals surface area contributed by atoms with Crippen LogP contribution in [-0.2, 0) is 6.54 Å². The van der Waals surface area contributed by atoms with Crippen LogP contribution in [0.15, 0.2) is 40.9 Å². The Morgan fingerprint density at radius 1 is 1.00 bits per heavy atom. The summed E-state index contributed by atoms with van der Waals surface area (Å²) in [6.07, 6.45) is 0. The van der Waals surface area contributed by atoms with Gasteiger partial charge in [0.1, 0.15) is 0 Å². The molecule has 0 saturated carbocycles. The second kappa shape index (κ2) is 6.16. The Balaban J connectivity index is 2.18. The van der Waals surface area contributed by atoms with E-state index in [1.165, 1.54) is 0 Å². The minimum Gasteiger partial charge on any atom is -0.381 e. The molecule has 94 valence electrons. The largest absolute Gasteiger partial charge is 0.381 e. The predicted molar refractivity (Wildman–Crippen MR) is 82.9 cm³/mol. The summed E-state index contributed by atoms with van der Waals surface area (Å²) in [5.41, 5.74) is 1.78. The second-order valence-corrected chi connectivity index (χ2v) is 5.79. The number of rotatable bonds is 3. The molecule has 0 heterocycles. The first-order valence-electron chi connectivity index (χ1n) is 5.20. The molecule has 2 rings (SSSR count). The standard InChI is InChI=1S/C13H9BrCl3N/c14-8-2-1-3-9(6-8)18-7-10-11(15)4-5-12(16)13(10)17/h1-6,18H,7H2. The molecule has 0 atom stereocenters. The molecule has 0 radical (unpaired) electrons. The fraction of sp³-hybridized carbons (Fsp3) is 0.0769. The predicted octanol–water partition coefficient (Wildman–Crippen LogP) is 6.02. The number of hydrogen-bond donors (Lipinski definition) is 1. The highest BCUT2D eigenvalue weighted by Gasteiger charge is 2.09. The van der Waals surface area contributed by atoms with Crippen molar-refractivity contribution in [3.05, 3.63) is 61.5 Å². The Morgan fingerprint density at radius 2 is 1.72 bits per heavy atom. The highest BCUT2D eigenvalue weighted by Crippen LogP contribution is 2.32. The summed E-state index contributed by atoms with van der Waals surface area (Å²) in [5, 5.41) is 4.86. The van der Waals surface area contributed by atoms with Gasteiger partial charge in [0, 0.05) is 27.3 Å². The Morgan fingerprint density at radius 3 is 2.44 bits per heavy atom. The Kier molecular flexibility index (Phi) is 4.79. The average Bonchev–Trinajstić information content (AvgIpc) is 2.34. The highest BCUT2D eigenvalue weighted by molar-refractivity contribution is 9.10.